The fourth-order valence-corrected chi connectivity index (χ4v) is 5.69. The molecule has 2 aliphatic rings. The van der Waals surface area contributed by atoms with Crippen LogP contribution in [0.3, 0.4) is 0 Å². The van der Waals surface area contributed by atoms with Gasteiger partial charge in [0, 0.05) is 4.88 Å². The zero-order chi connectivity index (χ0) is 19.2. The molecule has 1 saturated heterocycles. The van der Waals surface area contributed by atoms with Crippen molar-refractivity contribution < 1.29 is 18.0 Å². The summed E-state index contributed by atoms with van der Waals surface area (Å²) in [6, 6.07) is 8.48. The average Bonchev–Trinajstić information content (AvgIpc) is 3.30. The van der Waals surface area contributed by atoms with Crippen LogP contribution in [0.5, 0.6) is 0 Å². The number of primary sulfonamides is 1. The minimum absolute atomic E-state index is 0.0644. The van der Waals surface area contributed by atoms with Crippen LogP contribution in [0, 0.1) is 5.92 Å². The topological polar surface area (TPSA) is 118 Å². The first-order valence-electron chi connectivity index (χ1n) is 8.63. The maximum Gasteiger partial charge on any atom is 0.322 e. The van der Waals surface area contributed by atoms with E-state index in [1.54, 1.807) is 17.4 Å². The Morgan fingerprint density at radius 3 is 2.70 bits per heavy atom. The number of carbonyl (C=O) groups excluding carboxylic acids is 2. The van der Waals surface area contributed by atoms with Crippen LogP contribution in [0.25, 0.3) is 10.4 Å². The first-order chi connectivity index (χ1) is 12.8. The quantitative estimate of drug-likeness (QED) is 0.674. The second kappa shape index (κ2) is 6.43. The Morgan fingerprint density at radius 2 is 2.07 bits per heavy atom. The number of nitrogens with two attached hydrogens (primary N) is 1. The van der Waals surface area contributed by atoms with Gasteiger partial charge in [-0.15, -0.1) is 11.3 Å². The second-order valence-corrected chi connectivity index (χ2v) is 9.50. The normalized spacial score (nSPS) is 25.0. The molecule has 1 aromatic heterocycles. The Labute approximate surface area is 161 Å². The molecule has 27 heavy (non-hydrogen) atoms. The molecule has 3 amide bonds. The van der Waals surface area contributed by atoms with E-state index in [4.69, 9.17) is 5.14 Å². The van der Waals surface area contributed by atoms with Crippen molar-refractivity contribution in [2.24, 2.45) is 11.1 Å². The van der Waals surface area contributed by atoms with Gasteiger partial charge in [0.15, 0.2) is 0 Å². The lowest BCUT2D eigenvalue weighted by Crippen LogP contribution is -2.50. The van der Waals surface area contributed by atoms with Gasteiger partial charge in [0.1, 0.15) is 5.54 Å². The Hall–Kier alpha value is -2.23. The summed E-state index contributed by atoms with van der Waals surface area (Å²) in [5.41, 5.74) is 0.508. The molecular weight excluding hydrogens is 386 g/mol. The van der Waals surface area contributed by atoms with Crippen LogP contribution >= 0.6 is 11.3 Å². The number of hydrogen-bond acceptors (Lipinski definition) is 5. The third kappa shape index (κ3) is 3.15. The zero-order valence-electron chi connectivity index (χ0n) is 14.4. The summed E-state index contributed by atoms with van der Waals surface area (Å²) < 4.78 is 24.2. The predicted octanol–water partition coefficient (Wildman–Crippen LogP) is 1.98. The summed E-state index contributed by atoms with van der Waals surface area (Å²) in [4.78, 5) is 25.2. The Kier molecular flexibility index (Phi) is 4.32. The zero-order valence-corrected chi connectivity index (χ0v) is 16.0. The minimum atomic E-state index is -3.90. The largest absolute Gasteiger partial charge is 0.323 e. The third-order valence-corrected chi connectivity index (χ3v) is 7.36. The molecule has 0 bridgehead atoms. The van der Waals surface area contributed by atoms with Crippen molar-refractivity contribution >= 4 is 33.3 Å². The highest BCUT2D eigenvalue weighted by Gasteiger charge is 2.54. The molecule has 1 spiro atoms. The van der Waals surface area contributed by atoms with Gasteiger partial charge in [-0.3, -0.25) is 10.1 Å². The van der Waals surface area contributed by atoms with Crippen LogP contribution in [-0.4, -0.2) is 25.9 Å². The van der Waals surface area contributed by atoms with E-state index in [9.17, 15) is 18.0 Å². The smallest absolute Gasteiger partial charge is 0.322 e. The molecule has 2 aromatic rings. The van der Waals surface area contributed by atoms with Gasteiger partial charge in [0.2, 0.25) is 10.0 Å². The molecule has 1 aromatic carbocycles. The average molecular weight is 406 g/mol. The van der Waals surface area contributed by atoms with E-state index in [-0.39, 0.29) is 16.7 Å². The summed E-state index contributed by atoms with van der Waals surface area (Å²) >= 11 is 1.56. The fourth-order valence-electron chi connectivity index (χ4n) is 4.20. The molecule has 9 heteroatoms. The highest BCUT2D eigenvalue weighted by Crippen LogP contribution is 2.41. The standard InChI is InChI=1S/C18H19N3O4S2/c19-27(24,25)15-6-5-11(14-4-2-8-26-14)9-12(15)10-13-3-1-7-18(13)16(22)20-17(23)21-18/h2,4-6,8-9,13H,1,3,7,10H2,(H2,19,24,25)(H2,20,21,22,23). The van der Waals surface area contributed by atoms with Gasteiger partial charge in [0.05, 0.1) is 4.90 Å². The lowest BCUT2D eigenvalue weighted by Gasteiger charge is -2.28. The Morgan fingerprint density at radius 1 is 1.26 bits per heavy atom. The molecule has 142 valence electrons. The fraction of sp³-hybridized carbons (Fsp3) is 0.333. The number of hydrogen-bond donors (Lipinski definition) is 3. The number of carbonyl (C=O) groups is 2. The summed E-state index contributed by atoms with van der Waals surface area (Å²) in [5.74, 6) is -0.524. The highest BCUT2D eigenvalue weighted by molar-refractivity contribution is 7.89. The number of sulfonamides is 1. The van der Waals surface area contributed by atoms with Crippen molar-refractivity contribution in [1.29, 1.82) is 0 Å². The monoisotopic (exact) mass is 405 g/mol. The Bertz CT molecular complexity index is 1020. The minimum Gasteiger partial charge on any atom is -0.323 e. The SMILES string of the molecule is NS(=O)(=O)c1ccc(-c2cccs2)cc1CC1CCCC12NC(=O)NC2=O. The van der Waals surface area contributed by atoms with Crippen LogP contribution in [0.1, 0.15) is 24.8 Å². The van der Waals surface area contributed by atoms with Crippen molar-refractivity contribution in [3.63, 3.8) is 0 Å². The summed E-state index contributed by atoms with van der Waals surface area (Å²) in [5, 5.41) is 12.5. The van der Waals surface area contributed by atoms with Crippen molar-refractivity contribution in [3.8, 4) is 10.4 Å². The lowest BCUT2D eigenvalue weighted by atomic mass is 9.82. The predicted molar refractivity (Wildman–Crippen MR) is 102 cm³/mol. The first kappa shape index (κ1) is 18.1. The molecule has 4 rings (SSSR count). The van der Waals surface area contributed by atoms with E-state index in [0.29, 0.717) is 18.4 Å². The van der Waals surface area contributed by atoms with Gasteiger partial charge in [0.25, 0.3) is 5.91 Å². The molecule has 1 aliphatic carbocycles. The van der Waals surface area contributed by atoms with E-state index in [2.05, 4.69) is 10.6 Å². The second-order valence-electron chi connectivity index (χ2n) is 7.02. The van der Waals surface area contributed by atoms with Gasteiger partial charge in [-0.2, -0.15) is 0 Å². The van der Waals surface area contributed by atoms with Gasteiger partial charge < -0.3 is 5.32 Å². The summed E-state index contributed by atoms with van der Waals surface area (Å²) in [6.45, 7) is 0. The van der Waals surface area contributed by atoms with E-state index in [1.165, 1.54) is 6.07 Å². The van der Waals surface area contributed by atoms with Crippen LogP contribution in [0.2, 0.25) is 0 Å². The number of benzene rings is 1. The molecule has 2 fully saturated rings. The van der Waals surface area contributed by atoms with E-state index >= 15 is 0 Å². The van der Waals surface area contributed by atoms with E-state index < -0.39 is 21.6 Å². The molecular formula is C18H19N3O4S2. The van der Waals surface area contributed by atoms with Crippen molar-refractivity contribution in [1.82, 2.24) is 10.6 Å². The van der Waals surface area contributed by atoms with E-state index in [1.807, 2.05) is 23.6 Å². The molecule has 1 aliphatic heterocycles. The van der Waals surface area contributed by atoms with Crippen LogP contribution < -0.4 is 15.8 Å². The van der Waals surface area contributed by atoms with Crippen molar-refractivity contribution in [2.45, 2.75) is 36.1 Å². The third-order valence-electron chi connectivity index (χ3n) is 5.43. The van der Waals surface area contributed by atoms with Crippen LogP contribution in [0.4, 0.5) is 4.79 Å². The molecule has 0 radical (unpaired) electrons. The number of nitrogens with one attached hydrogen (secondary N) is 2. The first-order valence-corrected chi connectivity index (χ1v) is 11.1. The molecule has 2 heterocycles. The highest BCUT2D eigenvalue weighted by atomic mass is 32.2. The van der Waals surface area contributed by atoms with E-state index in [0.717, 1.165) is 23.3 Å². The van der Waals surface area contributed by atoms with Crippen molar-refractivity contribution in [3.05, 3.63) is 41.3 Å². The summed E-state index contributed by atoms with van der Waals surface area (Å²) in [7, 11) is -3.90. The van der Waals surface area contributed by atoms with Gasteiger partial charge in [-0.25, -0.2) is 18.4 Å². The molecule has 1 saturated carbocycles. The summed E-state index contributed by atoms with van der Waals surface area (Å²) in [6.07, 6.45) is 2.40. The maximum atomic E-state index is 12.4. The van der Waals surface area contributed by atoms with Crippen LogP contribution in [-0.2, 0) is 21.2 Å². The molecule has 2 atom stereocenters. The van der Waals surface area contributed by atoms with Gasteiger partial charge in [-0.05, 0) is 59.9 Å². The number of amides is 3. The lowest BCUT2D eigenvalue weighted by molar-refractivity contribution is -0.125. The van der Waals surface area contributed by atoms with Gasteiger partial charge in [-0.1, -0.05) is 18.6 Å². The number of rotatable bonds is 4. The van der Waals surface area contributed by atoms with Crippen molar-refractivity contribution in [2.75, 3.05) is 0 Å². The molecule has 2 unspecified atom stereocenters. The maximum absolute atomic E-state index is 12.4. The number of urea groups is 1. The van der Waals surface area contributed by atoms with Crippen LogP contribution in [0.15, 0.2) is 40.6 Å². The van der Waals surface area contributed by atoms with Gasteiger partial charge >= 0.3 is 6.03 Å². The number of thiophene rings is 1. The molecule has 7 nitrogen and oxygen atoms in total. The Balaban J connectivity index is 1.75. The number of imide groups is 1. The molecule has 4 N–H and O–H groups in total.